The molecule has 0 heterocycles. The number of ketones is 1. The monoisotopic (exact) mass is 260 g/mol. The first-order chi connectivity index (χ1) is 9.17. The average Bonchev–Trinajstić information content (AvgIpc) is 2.47. The van der Waals surface area contributed by atoms with Crippen LogP contribution in [0.2, 0.25) is 0 Å². The van der Waals surface area contributed by atoms with Gasteiger partial charge in [0.1, 0.15) is 11.7 Å². The van der Waals surface area contributed by atoms with Crippen molar-refractivity contribution in [3.8, 4) is 0 Å². The summed E-state index contributed by atoms with van der Waals surface area (Å²) in [6.45, 7) is 1.86. The summed E-state index contributed by atoms with van der Waals surface area (Å²) < 4.78 is 4.72. The van der Waals surface area contributed by atoms with Crippen LogP contribution in [0.4, 0.5) is 0 Å². The fraction of sp³-hybridized carbons (Fsp3) is 0.500. The van der Waals surface area contributed by atoms with E-state index in [4.69, 9.17) is 4.74 Å². The number of fused-ring (bicyclic) bond motifs is 1. The Hall–Kier alpha value is -1.64. The number of hydrogen-bond donors (Lipinski definition) is 0. The molecule has 1 aromatic carbocycles. The van der Waals surface area contributed by atoms with Gasteiger partial charge in [-0.15, -0.1) is 0 Å². The number of benzene rings is 1. The van der Waals surface area contributed by atoms with Crippen molar-refractivity contribution >= 4 is 11.8 Å². The Morgan fingerprint density at radius 3 is 2.63 bits per heavy atom. The summed E-state index contributed by atoms with van der Waals surface area (Å²) >= 11 is 0. The van der Waals surface area contributed by atoms with Gasteiger partial charge in [0.2, 0.25) is 0 Å². The fourth-order valence-electron chi connectivity index (χ4n) is 2.85. The van der Waals surface area contributed by atoms with Gasteiger partial charge in [-0.25, -0.2) is 0 Å². The number of Topliss-reactive ketones (excluding diaryl/α,β-unsaturated/α-hetero) is 1. The molecule has 3 heteroatoms. The third-order valence-corrected chi connectivity index (χ3v) is 3.99. The lowest BCUT2D eigenvalue weighted by molar-refractivity contribution is -0.150. The largest absolute Gasteiger partial charge is 0.468 e. The number of esters is 1. The quantitative estimate of drug-likeness (QED) is 0.617. The molecule has 19 heavy (non-hydrogen) atoms. The number of carbonyl (C=O) groups is 2. The van der Waals surface area contributed by atoms with Crippen LogP contribution in [0.25, 0.3) is 0 Å². The van der Waals surface area contributed by atoms with E-state index < -0.39 is 11.9 Å². The maximum Gasteiger partial charge on any atom is 0.316 e. The number of methoxy groups -OCH3 is 1. The smallest absolute Gasteiger partial charge is 0.316 e. The van der Waals surface area contributed by atoms with Crippen LogP contribution in [0.5, 0.6) is 0 Å². The van der Waals surface area contributed by atoms with Crippen LogP contribution in [-0.2, 0) is 27.2 Å². The van der Waals surface area contributed by atoms with Crippen molar-refractivity contribution in [1.29, 1.82) is 0 Å². The van der Waals surface area contributed by atoms with Crippen LogP contribution < -0.4 is 0 Å². The zero-order chi connectivity index (χ0) is 13.8. The molecule has 0 N–H and O–H groups in total. The maximum absolute atomic E-state index is 12.4. The molecular weight excluding hydrogens is 240 g/mol. The summed E-state index contributed by atoms with van der Waals surface area (Å²) in [7, 11) is 1.34. The second-order valence-electron chi connectivity index (χ2n) is 5.09. The lowest BCUT2D eigenvalue weighted by Crippen LogP contribution is -2.33. The molecule has 0 saturated heterocycles. The van der Waals surface area contributed by atoms with Gasteiger partial charge in [-0.2, -0.15) is 0 Å². The molecule has 0 bridgehead atoms. The molecule has 0 fully saturated rings. The summed E-state index contributed by atoms with van der Waals surface area (Å²) in [4.78, 5) is 24.1. The average molecular weight is 260 g/mol. The van der Waals surface area contributed by atoms with Gasteiger partial charge in [0.15, 0.2) is 0 Å². The van der Waals surface area contributed by atoms with E-state index in [0.717, 1.165) is 19.3 Å². The first-order valence-electron chi connectivity index (χ1n) is 6.85. The van der Waals surface area contributed by atoms with Crippen LogP contribution in [-0.4, -0.2) is 18.9 Å². The van der Waals surface area contributed by atoms with E-state index in [1.807, 2.05) is 19.1 Å². The van der Waals surface area contributed by atoms with Gasteiger partial charge in [0.05, 0.1) is 7.11 Å². The molecule has 2 unspecified atom stereocenters. The summed E-state index contributed by atoms with van der Waals surface area (Å²) in [5.74, 6) is -0.991. The lowest BCUT2D eigenvalue weighted by atomic mass is 9.78. The molecule has 0 aromatic heterocycles. The van der Waals surface area contributed by atoms with Crippen LogP contribution >= 0.6 is 0 Å². The molecule has 1 aliphatic rings. The Labute approximate surface area is 114 Å². The minimum absolute atomic E-state index is 0.0426. The highest BCUT2D eigenvalue weighted by Gasteiger charge is 2.33. The third-order valence-electron chi connectivity index (χ3n) is 3.99. The molecule has 2 rings (SSSR count). The minimum Gasteiger partial charge on any atom is -0.468 e. The number of aryl methyl sites for hydroxylation is 1. The topological polar surface area (TPSA) is 43.4 Å². The van der Waals surface area contributed by atoms with Crippen molar-refractivity contribution in [3.63, 3.8) is 0 Å². The summed E-state index contributed by atoms with van der Waals surface area (Å²) in [6.07, 6.45) is 3.03. The van der Waals surface area contributed by atoms with Gasteiger partial charge < -0.3 is 4.74 Å². The van der Waals surface area contributed by atoms with E-state index in [1.54, 1.807) is 0 Å². The van der Waals surface area contributed by atoms with E-state index in [9.17, 15) is 9.59 Å². The standard InChI is InChI=1S/C16H20O3/c1-3-14(16(18)19-2)15(17)13-9-8-11-6-4-5-7-12(11)10-13/h4-7,13-14H,3,8-10H2,1-2H3. The van der Waals surface area contributed by atoms with Crippen LogP contribution in [0, 0.1) is 11.8 Å². The van der Waals surface area contributed by atoms with Crippen LogP contribution in [0.1, 0.15) is 30.9 Å². The van der Waals surface area contributed by atoms with Crippen molar-refractivity contribution in [2.24, 2.45) is 11.8 Å². The molecule has 0 aliphatic heterocycles. The Bertz CT molecular complexity index is 479. The van der Waals surface area contributed by atoms with Crippen molar-refractivity contribution in [2.75, 3.05) is 7.11 Å². The molecule has 0 amide bonds. The summed E-state index contributed by atoms with van der Waals surface area (Å²) in [5.41, 5.74) is 2.57. The van der Waals surface area contributed by atoms with Crippen molar-refractivity contribution in [1.82, 2.24) is 0 Å². The molecular formula is C16H20O3. The van der Waals surface area contributed by atoms with Gasteiger partial charge in [-0.05, 0) is 36.8 Å². The Kier molecular flexibility index (Phi) is 4.35. The Balaban J connectivity index is 2.12. The normalized spacial score (nSPS) is 19.4. The molecule has 0 radical (unpaired) electrons. The predicted molar refractivity (Wildman–Crippen MR) is 72.8 cm³/mol. The van der Waals surface area contributed by atoms with Gasteiger partial charge in [-0.3, -0.25) is 9.59 Å². The Morgan fingerprint density at radius 1 is 1.32 bits per heavy atom. The highest BCUT2D eigenvalue weighted by Crippen LogP contribution is 2.28. The molecule has 3 nitrogen and oxygen atoms in total. The van der Waals surface area contributed by atoms with Gasteiger partial charge in [-0.1, -0.05) is 31.2 Å². The number of ether oxygens (including phenoxy) is 1. The second-order valence-corrected chi connectivity index (χ2v) is 5.09. The molecule has 0 spiro atoms. The van der Waals surface area contributed by atoms with Crippen molar-refractivity contribution in [3.05, 3.63) is 35.4 Å². The minimum atomic E-state index is -0.597. The van der Waals surface area contributed by atoms with Gasteiger partial charge >= 0.3 is 5.97 Å². The van der Waals surface area contributed by atoms with Crippen molar-refractivity contribution in [2.45, 2.75) is 32.6 Å². The van der Waals surface area contributed by atoms with E-state index in [1.165, 1.54) is 18.2 Å². The highest BCUT2D eigenvalue weighted by atomic mass is 16.5. The number of rotatable bonds is 4. The first-order valence-corrected chi connectivity index (χ1v) is 6.85. The molecule has 0 saturated carbocycles. The molecule has 2 atom stereocenters. The lowest BCUT2D eigenvalue weighted by Gasteiger charge is -2.25. The first kappa shape index (κ1) is 13.8. The molecule has 102 valence electrons. The van der Waals surface area contributed by atoms with E-state index in [0.29, 0.717) is 6.42 Å². The SMILES string of the molecule is CCC(C(=O)OC)C(=O)C1CCc2ccccc2C1. The molecule has 1 aliphatic carbocycles. The zero-order valence-electron chi connectivity index (χ0n) is 11.5. The highest BCUT2D eigenvalue weighted by molar-refractivity contribution is 6.00. The van der Waals surface area contributed by atoms with E-state index >= 15 is 0 Å². The fourth-order valence-corrected chi connectivity index (χ4v) is 2.85. The number of hydrogen-bond acceptors (Lipinski definition) is 3. The van der Waals surface area contributed by atoms with Gasteiger partial charge in [0, 0.05) is 5.92 Å². The van der Waals surface area contributed by atoms with Crippen LogP contribution in [0.15, 0.2) is 24.3 Å². The summed E-state index contributed by atoms with van der Waals surface area (Å²) in [6, 6.07) is 8.23. The molecule has 1 aromatic rings. The predicted octanol–water partition coefficient (Wildman–Crippen LogP) is 2.56. The van der Waals surface area contributed by atoms with E-state index in [-0.39, 0.29) is 11.7 Å². The zero-order valence-corrected chi connectivity index (χ0v) is 11.5. The van der Waals surface area contributed by atoms with Crippen LogP contribution in [0.3, 0.4) is 0 Å². The maximum atomic E-state index is 12.4. The van der Waals surface area contributed by atoms with Gasteiger partial charge in [0.25, 0.3) is 0 Å². The number of carbonyl (C=O) groups excluding carboxylic acids is 2. The van der Waals surface area contributed by atoms with E-state index in [2.05, 4.69) is 12.1 Å². The summed E-state index contributed by atoms with van der Waals surface area (Å²) in [5, 5.41) is 0. The Morgan fingerprint density at radius 2 is 2.00 bits per heavy atom. The second kappa shape index (κ2) is 6.00. The van der Waals surface area contributed by atoms with Crippen molar-refractivity contribution < 1.29 is 14.3 Å². The third kappa shape index (κ3) is 2.86.